The van der Waals surface area contributed by atoms with Gasteiger partial charge in [0.1, 0.15) is 17.0 Å². The molecule has 0 saturated heterocycles. The number of aromatic nitrogens is 2. The Hall–Kier alpha value is -2.48. The van der Waals surface area contributed by atoms with Crippen molar-refractivity contribution >= 4 is 35.0 Å². The molecule has 23 heavy (non-hydrogen) atoms. The van der Waals surface area contributed by atoms with Gasteiger partial charge in [-0.3, -0.25) is 14.6 Å². The Bertz CT molecular complexity index is 813. The third-order valence-corrected chi connectivity index (χ3v) is 3.54. The van der Waals surface area contributed by atoms with E-state index in [0.29, 0.717) is 17.0 Å². The number of pyridine rings is 1. The minimum absolute atomic E-state index is 0.0300. The largest absolute Gasteiger partial charge is 0.375 e. The molecule has 2 aromatic rings. The van der Waals surface area contributed by atoms with E-state index in [0.717, 1.165) is 12.0 Å². The highest BCUT2D eigenvalue weighted by Crippen LogP contribution is 2.13. The number of anilines is 1. The van der Waals surface area contributed by atoms with Crippen LogP contribution in [0.2, 0.25) is 0 Å². The molecule has 0 radical (unpaired) electrons. The van der Waals surface area contributed by atoms with E-state index in [1.807, 2.05) is 19.9 Å². The fourth-order valence-corrected chi connectivity index (χ4v) is 2.09. The molecule has 0 fully saturated rings. The Morgan fingerprint density at radius 1 is 1.61 bits per heavy atom. The second kappa shape index (κ2) is 7.19. The van der Waals surface area contributed by atoms with Gasteiger partial charge in [-0.2, -0.15) is 5.10 Å². The zero-order valence-electron chi connectivity index (χ0n) is 13.3. The van der Waals surface area contributed by atoms with Crippen LogP contribution in [-0.2, 0) is 0 Å². The molecule has 0 unspecified atom stereocenters. The maximum Gasteiger partial charge on any atom is 0.268 e. The number of nitrogens with one attached hydrogen (secondary N) is 2. The monoisotopic (exact) mass is 332 g/mol. The van der Waals surface area contributed by atoms with Crippen molar-refractivity contribution in [1.82, 2.24) is 14.8 Å². The minimum atomic E-state index is -0.210. The predicted octanol–water partition coefficient (Wildman–Crippen LogP) is 1.38. The van der Waals surface area contributed by atoms with Gasteiger partial charge in [0.2, 0.25) is 0 Å². The molecule has 1 atom stereocenters. The lowest BCUT2D eigenvalue weighted by molar-refractivity contribution is 0.758. The Labute approximate surface area is 139 Å². The van der Waals surface area contributed by atoms with Crippen molar-refractivity contribution in [1.29, 1.82) is 0 Å². The first-order valence-electron chi connectivity index (χ1n) is 7.31. The van der Waals surface area contributed by atoms with E-state index in [1.165, 1.54) is 10.6 Å². The molecule has 2 rings (SSSR count). The number of thiocarbonyl (C=S) groups is 1. The SMILES string of the molecule is CC[C@@H](C)Nc1nc2c(C)cccn2c(=O)c1/C=N/NC(N)=S. The molecule has 0 aliphatic rings. The van der Waals surface area contributed by atoms with Crippen LogP contribution in [0.25, 0.3) is 5.65 Å². The van der Waals surface area contributed by atoms with Crippen LogP contribution in [0.1, 0.15) is 31.4 Å². The van der Waals surface area contributed by atoms with Crippen molar-refractivity contribution in [2.75, 3.05) is 5.32 Å². The van der Waals surface area contributed by atoms with Crippen LogP contribution in [0.4, 0.5) is 5.82 Å². The standard InChI is InChI=1S/C15H20N6OS/c1-4-10(3)18-12-11(8-17-20-15(16)23)14(22)21-7-5-6-9(2)13(21)19-12/h5-8,10,18H,4H2,1-3H3,(H3,16,20,23)/b17-8+/t10-/m1/s1. The van der Waals surface area contributed by atoms with Crippen molar-refractivity contribution in [3.63, 3.8) is 0 Å². The van der Waals surface area contributed by atoms with Crippen LogP contribution >= 0.6 is 12.2 Å². The topological polar surface area (TPSA) is 96.8 Å². The summed E-state index contributed by atoms with van der Waals surface area (Å²) in [4.78, 5) is 17.3. The number of rotatable bonds is 5. The lowest BCUT2D eigenvalue weighted by Gasteiger charge is -2.15. The molecule has 2 heterocycles. The van der Waals surface area contributed by atoms with Crippen molar-refractivity contribution in [2.45, 2.75) is 33.2 Å². The summed E-state index contributed by atoms with van der Waals surface area (Å²) < 4.78 is 1.50. The van der Waals surface area contributed by atoms with Gasteiger partial charge in [-0.1, -0.05) is 13.0 Å². The van der Waals surface area contributed by atoms with E-state index in [9.17, 15) is 4.79 Å². The molecule has 7 nitrogen and oxygen atoms in total. The summed E-state index contributed by atoms with van der Waals surface area (Å²) in [6.45, 7) is 5.99. The molecule has 0 bridgehead atoms. The van der Waals surface area contributed by atoms with E-state index in [1.54, 1.807) is 12.3 Å². The Balaban J connectivity index is 2.62. The van der Waals surface area contributed by atoms with E-state index >= 15 is 0 Å². The molecule has 4 N–H and O–H groups in total. The summed E-state index contributed by atoms with van der Waals surface area (Å²) in [7, 11) is 0. The van der Waals surface area contributed by atoms with E-state index in [2.05, 4.69) is 27.8 Å². The van der Waals surface area contributed by atoms with E-state index in [4.69, 9.17) is 18.0 Å². The fourth-order valence-electron chi connectivity index (χ4n) is 2.03. The van der Waals surface area contributed by atoms with Gasteiger partial charge >= 0.3 is 0 Å². The van der Waals surface area contributed by atoms with Crippen LogP contribution in [0.5, 0.6) is 0 Å². The van der Waals surface area contributed by atoms with Gasteiger partial charge in [0.25, 0.3) is 5.56 Å². The summed E-state index contributed by atoms with van der Waals surface area (Å²) in [5.41, 5.74) is 9.45. The number of nitrogens with zero attached hydrogens (tertiary/aromatic N) is 3. The van der Waals surface area contributed by atoms with Gasteiger partial charge in [0.15, 0.2) is 5.11 Å². The maximum atomic E-state index is 12.7. The first-order valence-corrected chi connectivity index (χ1v) is 7.72. The van der Waals surface area contributed by atoms with Crippen LogP contribution in [-0.4, -0.2) is 26.8 Å². The molecule has 0 aliphatic heterocycles. The highest BCUT2D eigenvalue weighted by molar-refractivity contribution is 7.80. The average Bonchev–Trinajstić information content (AvgIpc) is 2.51. The lowest BCUT2D eigenvalue weighted by atomic mass is 10.2. The number of nitrogens with two attached hydrogens (primary N) is 1. The van der Waals surface area contributed by atoms with Crippen LogP contribution in [0.3, 0.4) is 0 Å². The highest BCUT2D eigenvalue weighted by atomic mass is 32.1. The van der Waals surface area contributed by atoms with Crippen LogP contribution in [0.15, 0.2) is 28.2 Å². The average molecular weight is 332 g/mol. The Morgan fingerprint density at radius 3 is 3.00 bits per heavy atom. The number of aryl methyl sites for hydroxylation is 1. The van der Waals surface area contributed by atoms with Gasteiger partial charge in [-0.25, -0.2) is 4.98 Å². The number of fused-ring (bicyclic) bond motifs is 1. The number of hydrazone groups is 1. The van der Waals surface area contributed by atoms with Crippen molar-refractivity contribution in [3.8, 4) is 0 Å². The Morgan fingerprint density at radius 2 is 2.35 bits per heavy atom. The number of hydrogen-bond donors (Lipinski definition) is 3. The summed E-state index contributed by atoms with van der Waals surface area (Å²) in [5, 5.41) is 7.17. The quantitative estimate of drug-likeness (QED) is 0.435. The van der Waals surface area contributed by atoms with Crippen molar-refractivity contribution in [3.05, 3.63) is 39.8 Å². The molecule has 0 aliphatic carbocycles. The van der Waals surface area contributed by atoms with E-state index in [-0.39, 0.29) is 16.7 Å². The summed E-state index contributed by atoms with van der Waals surface area (Å²) in [6.07, 6.45) is 3.97. The number of hydrogen-bond acceptors (Lipinski definition) is 5. The first-order chi connectivity index (χ1) is 10.9. The molecular formula is C15H20N6OS. The molecule has 0 amide bonds. The first kappa shape index (κ1) is 16.9. The summed E-state index contributed by atoms with van der Waals surface area (Å²) in [5.74, 6) is 0.493. The molecule has 122 valence electrons. The zero-order chi connectivity index (χ0) is 17.0. The lowest BCUT2D eigenvalue weighted by Crippen LogP contribution is -2.27. The smallest absolute Gasteiger partial charge is 0.268 e. The second-order valence-electron chi connectivity index (χ2n) is 5.25. The van der Waals surface area contributed by atoms with E-state index < -0.39 is 0 Å². The van der Waals surface area contributed by atoms with Gasteiger partial charge in [-0.15, -0.1) is 0 Å². The molecule has 8 heteroatoms. The maximum absolute atomic E-state index is 12.7. The normalized spacial score (nSPS) is 12.5. The van der Waals surface area contributed by atoms with Crippen LogP contribution < -0.4 is 22.0 Å². The molecule has 2 aromatic heterocycles. The van der Waals surface area contributed by atoms with Crippen molar-refractivity contribution in [2.24, 2.45) is 10.8 Å². The zero-order valence-corrected chi connectivity index (χ0v) is 14.1. The molecule has 0 saturated carbocycles. The Kier molecular flexibility index (Phi) is 5.28. The van der Waals surface area contributed by atoms with Crippen LogP contribution in [0, 0.1) is 6.92 Å². The second-order valence-corrected chi connectivity index (χ2v) is 5.69. The van der Waals surface area contributed by atoms with Gasteiger partial charge in [-0.05, 0) is 44.1 Å². The molecular weight excluding hydrogens is 312 g/mol. The predicted molar refractivity (Wildman–Crippen MR) is 97.1 cm³/mol. The molecule has 0 aromatic carbocycles. The van der Waals surface area contributed by atoms with Gasteiger partial charge in [0.05, 0.1) is 6.21 Å². The van der Waals surface area contributed by atoms with Gasteiger partial charge < -0.3 is 11.1 Å². The summed E-state index contributed by atoms with van der Waals surface area (Å²) in [6, 6.07) is 3.89. The third kappa shape index (κ3) is 3.84. The third-order valence-electron chi connectivity index (χ3n) is 3.45. The highest BCUT2D eigenvalue weighted by Gasteiger charge is 2.13. The molecule has 0 spiro atoms. The minimum Gasteiger partial charge on any atom is -0.375 e. The van der Waals surface area contributed by atoms with Crippen molar-refractivity contribution < 1.29 is 0 Å². The van der Waals surface area contributed by atoms with Gasteiger partial charge in [0, 0.05) is 12.2 Å². The summed E-state index contributed by atoms with van der Waals surface area (Å²) >= 11 is 4.70. The fraction of sp³-hybridized carbons (Fsp3) is 0.333.